The molecule has 0 aromatic heterocycles. The van der Waals surface area contributed by atoms with Crippen molar-refractivity contribution in [1.29, 1.82) is 0 Å². The minimum absolute atomic E-state index is 0.0807. The summed E-state index contributed by atoms with van der Waals surface area (Å²) in [6, 6.07) is 0. The molecule has 0 bridgehead atoms. The molecule has 0 aliphatic heterocycles. The summed E-state index contributed by atoms with van der Waals surface area (Å²) < 4.78 is 6.24. The van der Waals surface area contributed by atoms with Crippen LogP contribution in [-0.2, 0) is 4.74 Å². The van der Waals surface area contributed by atoms with Gasteiger partial charge in [-0.3, -0.25) is 0 Å². The Kier molecular flexibility index (Phi) is 10.4. The van der Waals surface area contributed by atoms with E-state index in [-0.39, 0.29) is 25.2 Å². The van der Waals surface area contributed by atoms with Crippen LogP contribution >= 0.6 is 0 Å². The third-order valence-corrected chi connectivity index (χ3v) is 4.16. The summed E-state index contributed by atoms with van der Waals surface area (Å²) in [5.74, 6) is 0. The Balaban J connectivity index is 3.08. The second kappa shape index (κ2) is 10.3. The molecule has 0 N–H and O–H groups in total. The summed E-state index contributed by atoms with van der Waals surface area (Å²) in [6.07, 6.45) is 5.82. The molecule has 0 aromatic rings. The number of ether oxygens (including phenoxy) is 1. The third-order valence-electron chi connectivity index (χ3n) is 1.61. The van der Waals surface area contributed by atoms with Gasteiger partial charge in [0.1, 0.15) is 0 Å². The van der Waals surface area contributed by atoms with E-state index in [9.17, 15) is 4.79 Å². The number of halogens is 1. The molecule has 0 unspecified atom stereocenters. The quantitative estimate of drug-likeness (QED) is 0.277. The normalized spacial score (nSPS) is 10.3. The van der Waals surface area contributed by atoms with Gasteiger partial charge in [-0.25, -0.2) is 0 Å². The first kappa shape index (κ1) is 13.2. The molecule has 80 valence electrons. The summed E-state index contributed by atoms with van der Waals surface area (Å²) in [4.78, 5) is 11.1. The van der Waals surface area contributed by atoms with Crippen LogP contribution in [0.3, 0.4) is 0 Å². The SMILES string of the molecule is CCCCCCOC(=O)[I-]CCC. The van der Waals surface area contributed by atoms with Gasteiger partial charge in [-0.15, -0.1) is 0 Å². The van der Waals surface area contributed by atoms with Crippen LogP contribution in [0.25, 0.3) is 0 Å². The summed E-state index contributed by atoms with van der Waals surface area (Å²) in [6.45, 7) is 4.93. The Hall–Kier alpha value is 0.200. The van der Waals surface area contributed by atoms with E-state index in [4.69, 9.17) is 4.74 Å². The van der Waals surface area contributed by atoms with Crippen molar-refractivity contribution in [2.75, 3.05) is 11.0 Å². The van der Waals surface area contributed by atoms with Crippen molar-refractivity contribution in [3.8, 4) is 0 Å². The maximum atomic E-state index is 11.1. The van der Waals surface area contributed by atoms with Gasteiger partial charge in [0.15, 0.2) is 0 Å². The molecule has 13 heavy (non-hydrogen) atoms. The second-order valence-corrected chi connectivity index (χ2v) is 5.69. The molecule has 0 saturated carbocycles. The molecule has 0 heterocycles. The molecule has 0 rings (SSSR count). The van der Waals surface area contributed by atoms with E-state index in [2.05, 4.69) is 13.8 Å². The molecule has 0 saturated heterocycles. The Morgan fingerprint density at radius 3 is 2.54 bits per heavy atom. The van der Waals surface area contributed by atoms with Gasteiger partial charge in [0.2, 0.25) is 0 Å². The van der Waals surface area contributed by atoms with Crippen LogP contribution in [0.2, 0.25) is 0 Å². The van der Waals surface area contributed by atoms with Crippen molar-refractivity contribution in [1.82, 2.24) is 0 Å². The van der Waals surface area contributed by atoms with Crippen molar-refractivity contribution < 1.29 is 30.7 Å². The zero-order valence-electron chi connectivity index (χ0n) is 8.64. The van der Waals surface area contributed by atoms with Gasteiger partial charge in [0, 0.05) is 0 Å². The van der Waals surface area contributed by atoms with E-state index < -0.39 is 0 Å². The number of carbonyl (C=O) groups excluding carboxylic acids is 1. The van der Waals surface area contributed by atoms with Gasteiger partial charge in [0.25, 0.3) is 0 Å². The van der Waals surface area contributed by atoms with Crippen LogP contribution < -0.4 is 21.2 Å². The molecule has 0 aliphatic carbocycles. The van der Waals surface area contributed by atoms with Gasteiger partial charge >= 0.3 is 91.7 Å². The van der Waals surface area contributed by atoms with Crippen LogP contribution in [0.1, 0.15) is 46.0 Å². The minimum atomic E-state index is -0.325. The number of hydrogen-bond donors (Lipinski definition) is 0. The standard InChI is InChI=1S/C10H20IO2/c1-3-5-6-7-9-13-10(12)11-8-4-2/h3-9H2,1-2H3/q-1. The van der Waals surface area contributed by atoms with Crippen LogP contribution in [0.4, 0.5) is 4.79 Å². The van der Waals surface area contributed by atoms with Gasteiger partial charge < -0.3 is 0 Å². The Bertz CT molecular complexity index is 126. The molecular formula is C10H20IO2-. The number of carbonyl (C=O) groups is 1. The van der Waals surface area contributed by atoms with E-state index in [1.54, 1.807) is 0 Å². The first-order valence-electron chi connectivity index (χ1n) is 5.07. The fourth-order valence-corrected chi connectivity index (χ4v) is 2.31. The van der Waals surface area contributed by atoms with E-state index in [1.165, 1.54) is 19.3 Å². The molecule has 0 spiro atoms. The number of alkyl halides is 1. The first-order valence-corrected chi connectivity index (χ1v) is 7.67. The summed E-state index contributed by atoms with van der Waals surface area (Å²) >= 11 is -0.325. The number of hydrogen-bond acceptors (Lipinski definition) is 2. The number of unbranched alkanes of at least 4 members (excludes halogenated alkanes) is 3. The zero-order chi connectivity index (χ0) is 9.94. The van der Waals surface area contributed by atoms with E-state index in [0.29, 0.717) is 6.61 Å². The summed E-state index contributed by atoms with van der Waals surface area (Å²) in [5, 5.41) is 0. The fraction of sp³-hybridized carbons (Fsp3) is 0.900. The second-order valence-electron chi connectivity index (χ2n) is 2.97. The van der Waals surface area contributed by atoms with Crippen LogP contribution in [0.5, 0.6) is 0 Å². The van der Waals surface area contributed by atoms with Gasteiger partial charge in [-0.1, -0.05) is 0 Å². The van der Waals surface area contributed by atoms with Gasteiger partial charge in [-0.05, 0) is 0 Å². The molecule has 0 amide bonds. The van der Waals surface area contributed by atoms with Gasteiger partial charge in [-0.2, -0.15) is 0 Å². The molecule has 0 radical (unpaired) electrons. The van der Waals surface area contributed by atoms with Crippen LogP contribution in [0.15, 0.2) is 0 Å². The predicted molar refractivity (Wildman–Crippen MR) is 50.6 cm³/mol. The molecule has 3 heteroatoms. The Morgan fingerprint density at radius 2 is 1.92 bits per heavy atom. The van der Waals surface area contributed by atoms with E-state index >= 15 is 0 Å². The van der Waals surface area contributed by atoms with Crippen molar-refractivity contribution >= 4 is 3.98 Å². The first-order chi connectivity index (χ1) is 6.31. The molecule has 0 aliphatic rings. The molecule has 0 fully saturated rings. The summed E-state index contributed by atoms with van der Waals surface area (Å²) in [5.41, 5.74) is 0. The fourth-order valence-electron chi connectivity index (χ4n) is 0.891. The Labute approximate surface area is 91.7 Å². The monoisotopic (exact) mass is 299 g/mol. The van der Waals surface area contributed by atoms with Crippen molar-refractivity contribution in [2.45, 2.75) is 46.0 Å². The average molecular weight is 299 g/mol. The van der Waals surface area contributed by atoms with Gasteiger partial charge in [0.05, 0.1) is 0 Å². The average Bonchev–Trinajstić information content (AvgIpc) is 2.14. The third kappa shape index (κ3) is 10.1. The molecule has 0 aromatic carbocycles. The topological polar surface area (TPSA) is 26.3 Å². The zero-order valence-corrected chi connectivity index (χ0v) is 10.8. The molecule has 2 nitrogen and oxygen atoms in total. The number of rotatable bonds is 8. The predicted octanol–water partition coefficient (Wildman–Crippen LogP) is 0.202. The van der Waals surface area contributed by atoms with Crippen molar-refractivity contribution in [3.05, 3.63) is 0 Å². The van der Waals surface area contributed by atoms with E-state index in [0.717, 1.165) is 17.3 Å². The van der Waals surface area contributed by atoms with Crippen LogP contribution in [0, 0.1) is 0 Å². The maximum absolute atomic E-state index is 11.1. The van der Waals surface area contributed by atoms with Crippen molar-refractivity contribution in [2.24, 2.45) is 0 Å². The molecule has 0 atom stereocenters. The molecular weight excluding hydrogens is 279 g/mol. The summed E-state index contributed by atoms with van der Waals surface area (Å²) in [7, 11) is 0. The van der Waals surface area contributed by atoms with Crippen molar-refractivity contribution in [3.63, 3.8) is 0 Å². The van der Waals surface area contributed by atoms with Crippen LogP contribution in [-0.4, -0.2) is 15.0 Å². The van der Waals surface area contributed by atoms with E-state index in [1.807, 2.05) is 0 Å². The Morgan fingerprint density at radius 1 is 1.15 bits per heavy atom.